The van der Waals surface area contributed by atoms with E-state index in [0.717, 1.165) is 15.4 Å². The highest BCUT2D eigenvalue weighted by atomic mass is 32.2. The van der Waals surface area contributed by atoms with Crippen molar-refractivity contribution < 1.29 is 13.2 Å². The van der Waals surface area contributed by atoms with Gasteiger partial charge in [0, 0.05) is 0 Å². The highest BCUT2D eigenvalue weighted by Gasteiger charge is 2.44. The fraction of sp³-hybridized carbons (Fsp3) is 0.188. The van der Waals surface area contributed by atoms with Crippen LogP contribution in [0.2, 0.25) is 0 Å². The fourth-order valence-corrected chi connectivity index (χ4v) is 4.51. The molecule has 0 fully saturated rings. The van der Waals surface area contributed by atoms with Gasteiger partial charge in [0.15, 0.2) is 0 Å². The summed E-state index contributed by atoms with van der Waals surface area (Å²) in [7, 11) is -3.78. The van der Waals surface area contributed by atoms with Crippen molar-refractivity contribution in [1.82, 2.24) is 4.31 Å². The molecule has 2 aromatic carbocycles. The third-order valence-electron chi connectivity index (χ3n) is 3.84. The maximum atomic E-state index is 12.6. The van der Waals surface area contributed by atoms with E-state index in [9.17, 15) is 13.2 Å². The highest BCUT2D eigenvalue weighted by Crippen LogP contribution is 2.37. The zero-order valence-electron chi connectivity index (χ0n) is 11.8. The van der Waals surface area contributed by atoms with Crippen molar-refractivity contribution >= 4 is 15.9 Å². The van der Waals surface area contributed by atoms with E-state index in [1.54, 1.807) is 25.1 Å². The van der Waals surface area contributed by atoms with Crippen LogP contribution in [0.5, 0.6) is 0 Å². The van der Waals surface area contributed by atoms with Gasteiger partial charge in [0.05, 0.1) is 11.6 Å². The second kappa shape index (κ2) is 4.70. The number of carbonyl (C=O) groups excluding carboxylic acids is 1. The number of benzene rings is 2. The summed E-state index contributed by atoms with van der Waals surface area (Å²) in [5.74, 6) is -0.457. The molecule has 21 heavy (non-hydrogen) atoms. The van der Waals surface area contributed by atoms with Gasteiger partial charge in [-0.3, -0.25) is 4.79 Å². The van der Waals surface area contributed by atoms with Crippen LogP contribution in [0.1, 0.15) is 34.5 Å². The summed E-state index contributed by atoms with van der Waals surface area (Å²) in [6.07, 6.45) is 0. The summed E-state index contributed by atoms with van der Waals surface area (Å²) in [5, 5.41) is 0. The molecule has 1 aliphatic heterocycles. The first kappa shape index (κ1) is 13.8. The Morgan fingerprint density at radius 3 is 2.29 bits per heavy atom. The Hall–Kier alpha value is -2.14. The number of hydrogen-bond acceptors (Lipinski definition) is 3. The van der Waals surface area contributed by atoms with E-state index in [1.165, 1.54) is 6.07 Å². The molecule has 1 aliphatic rings. The lowest BCUT2D eigenvalue weighted by molar-refractivity contribution is 0.0839. The average molecular weight is 301 g/mol. The topological polar surface area (TPSA) is 54.5 Å². The molecule has 3 rings (SSSR count). The van der Waals surface area contributed by atoms with Crippen LogP contribution in [0.15, 0.2) is 53.4 Å². The number of fused-ring (bicyclic) bond motifs is 1. The predicted molar refractivity (Wildman–Crippen MR) is 79.4 cm³/mol. The van der Waals surface area contributed by atoms with Crippen LogP contribution in [0.3, 0.4) is 0 Å². The summed E-state index contributed by atoms with van der Waals surface area (Å²) >= 11 is 0. The molecule has 0 aromatic heterocycles. The van der Waals surface area contributed by atoms with Gasteiger partial charge < -0.3 is 0 Å². The Labute approximate surface area is 124 Å². The standard InChI is InChI=1S/C16H15NO3S/c1-11-7-3-4-8-13(11)12(2)17-16(18)14-9-5-6-10-15(14)21(17,19)20/h3-10,12H,1-2H3. The second-order valence-electron chi connectivity index (χ2n) is 5.13. The smallest absolute Gasteiger partial charge is 0.268 e. The molecule has 1 amide bonds. The minimum atomic E-state index is -3.78. The van der Waals surface area contributed by atoms with Crippen molar-refractivity contribution in [2.45, 2.75) is 24.8 Å². The molecule has 0 saturated heterocycles. The van der Waals surface area contributed by atoms with E-state index < -0.39 is 22.0 Å². The Bertz CT molecular complexity index is 827. The molecule has 1 unspecified atom stereocenters. The van der Waals surface area contributed by atoms with E-state index in [2.05, 4.69) is 0 Å². The second-order valence-corrected chi connectivity index (χ2v) is 6.92. The first-order valence-corrected chi connectivity index (χ1v) is 8.12. The van der Waals surface area contributed by atoms with Crippen LogP contribution in [0.25, 0.3) is 0 Å². The number of aryl methyl sites for hydroxylation is 1. The highest BCUT2D eigenvalue weighted by molar-refractivity contribution is 7.90. The lowest BCUT2D eigenvalue weighted by atomic mass is 10.0. The van der Waals surface area contributed by atoms with E-state index in [-0.39, 0.29) is 10.5 Å². The number of rotatable bonds is 2. The van der Waals surface area contributed by atoms with Crippen LogP contribution >= 0.6 is 0 Å². The van der Waals surface area contributed by atoms with Crippen molar-refractivity contribution in [2.75, 3.05) is 0 Å². The molecular weight excluding hydrogens is 286 g/mol. The Kier molecular flexibility index (Phi) is 3.10. The maximum absolute atomic E-state index is 12.6. The molecule has 1 atom stereocenters. The first-order valence-electron chi connectivity index (χ1n) is 6.68. The van der Waals surface area contributed by atoms with Crippen molar-refractivity contribution in [3.8, 4) is 0 Å². The minimum absolute atomic E-state index is 0.0930. The van der Waals surface area contributed by atoms with E-state index >= 15 is 0 Å². The molecular formula is C16H15NO3S. The summed E-state index contributed by atoms with van der Waals surface area (Å²) in [5.41, 5.74) is 2.05. The van der Waals surface area contributed by atoms with Crippen molar-refractivity contribution in [2.24, 2.45) is 0 Å². The Morgan fingerprint density at radius 1 is 1.00 bits per heavy atom. The number of sulfonamides is 1. The largest absolute Gasteiger partial charge is 0.269 e. The molecule has 2 aromatic rings. The maximum Gasteiger partial charge on any atom is 0.269 e. The fourth-order valence-electron chi connectivity index (χ4n) is 2.77. The number of carbonyl (C=O) groups is 1. The molecule has 5 heteroatoms. The molecule has 0 spiro atoms. The predicted octanol–water partition coefficient (Wildman–Crippen LogP) is 2.90. The van der Waals surface area contributed by atoms with Crippen molar-refractivity contribution in [3.63, 3.8) is 0 Å². The van der Waals surface area contributed by atoms with E-state index in [0.29, 0.717) is 0 Å². The quantitative estimate of drug-likeness (QED) is 0.857. The van der Waals surface area contributed by atoms with Gasteiger partial charge in [-0.1, -0.05) is 36.4 Å². The van der Waals surface area contributed by atoms with Gasteiger partial charge >= 0.3 is 0 Å². The van der Waals surface area contributed by atoms with Crippen LogP contribution in [0.4, 0.5) is 0 Å². The zero-order chi connectivity index (χ0) is 15.2. The first-order chi connectivity index (χ1) is 9.94. The summed E-state index contributed by atoms with van der Waals surface area (Å²) < 4.78 is 26.2. The monoisotopic (exact) mass is 301 g/mol. The van der Waals surface area contributed by atoms with Gasteiger partial charge in [0.1, 0.15) is 4.90 Å². The van der Waals surface area contributed by atoms with Gasteiger partial charge in [-0.05, 0) is 37.1 Å². The lowest BCUT2D eigenvalue weighted by Gasteiger charge is -2.24. The molecule has 0 bridgehead atoms. The van der Waals surface area contributed by atoms with Crippen LogP contribution in [-0.2, 0) is 10.0 Å². The third kappa shape index (κ3) is 1.96. The zero-order valence-corrected chi connectivity index (χ0v) is 12.6. The van der Waals surface area contributed by atoms with Crippen LogP contribution < -0.4 is 0 Å². The van der Waals surface area contributed by atoms with E-state index in [1.807, 2.05) is 31.2 Å². The Morgan fingerprint density at radius 2 is 1.62 bits per heavy atom. The number of nitrogens with zero attached hydrogens (tertiary/aromatic N) is 1. The summed E-state index contributed by atoms with van der Waals surface area (Å²) in [6, 6.07) is 13.3. The molecule has 0 radical (unpaired) electrons. The minimum Gasteiger partial charge on any atom is -0.268 e. The van der Waals surface area contributed by atoms with Crippen LogP contribution in [-0.4, -0.2) is 18.6 Å². The molecule has 0 N–H and O–H groups in total. The SMILES string of the molecule is Cc1ccccc1C(C)N1C(=O)c2ccccc2S1(=O)=O. The van der Waals surface area contributed by atoms with Gasteiger partial charge in [0.2, 0.25) is 0 Å². The van der Waals surface area contributed by atoms with Crippen molar-refractivity contribution in [3.05, 3.63) is 65.2 Å². The summed E-state index contributed by atoms with van der Waals surface area (Å²) in [6.45, 7) is 3.65. The average Bonchev–Trinajstić information content (AvgIpc) is 2.67. The molecule has 108 valence electrons. The van der Waals surface area contributed by atoms with Gasteiger partial charge in [-0.15, -0.1) is 0 Å². The van der Waals surface area contributed by atoms with Gasteiger partial charge in [-0.25, -0.2) is 12.7 Å². The van der Waals surface area contributed by atoms with Crippen LogP contribution in [0, 0.1) is 6.92 Å². The molecule has 0 saturated carbocycles. The summed E-state index contributed by atoms with van der Waals surface area (Å²) in [4.78, 5) is 12.6. The number of hydrogen-bond donors (Lipinski definition) is 0. The molecule has 0 aliphatic carbocycles. The lowest BCUT2D eigenvalue weighted by Crippen LogP contribution is -2.33. The molecule has 1 heterocycles. The van der Waals surface area contributed by atoms with Gasteiger partial charge in [-0.2, -0.15) is 0 Å². The molecule has 4 nitrogen and oxygen atoms in total. The van der Waals surface area contributed by atoms with E-state index in [4.69, 9.17) is 0 Å². The third-order valence-corrected chi connectivity index (χ3v) is 5.76. The van der Waals surface area contributed by atoms with Crippen molar-refractivity contribution in [1.29, 1.82) is 0 Å². The normalized spacial score (nSPS) is 17.6. The van der Waals surface area contributed by atoms with Gasteiger partial charge in [0.25, 0.3) is 15.9 Å². The Balaban J connectivity index is 2.13. The number of amides is 1.